The Labute approximate surface area is 155 Å². The van der Waals surface area contributed by atoms with Gasteiger partial charge in [-0.15, -0.1) is 0 Å². The topological polar surface area (TPSA) is 91.1 Å². The van der Waals surface area contributed by atoms with Crippen LogP contribution in [-0.2, 0) is 16.2 Å². The zero-order valence-corrected chi connectivity index (χ0v) is 14.7. The molecule has 0 radical (unpaired) electrons. The number of furan rings is 1. The minimum absolute atomic E-state index is 0.0724. The lowest BCUT2D eigenvalue weighted by Gasteiger charge is -2.05. The van der Waals surface area contributed by atoms with Crippen molar-refractivity contribution in [2.24, 2.45) is 5.14 Å². The van der Waals surface area contributed by atoms with Crippen LogP contribution in [0.3, 0.4) is 0 Å². The van der Waals surface area contributed by atoms with Crippen molar-refractivity contribution >= 4 is 43.7 Å². The Bertz CT molecular complexity index is 1290. The lowest BCUT2D eigenvalue weighted by Crippen LogP contribution is -2.12. The van der Waals surface area contributed by atoms with Crippen LogP contribution >= 0.6 is 11.6 Å². The highest BCUT2D eigenvalue weighted by Gasteiger charge is 2.39. The van der Waals surface area contributed by atoms with E-state index in [9.17, 15) is 21.6 Å². The van der Waals surface area contributed by atoms with Gasteiger partial charge in [0.15, 0.2) is 5.58 Å². The third kappa shape index (κ3) is 2.95. The molecule has 4 aromatic rings. The van der Waals surface area contributed by atoms with E-state index >= 15 is 0 Å². The minimum atomic E-state index is -4.75. The number of hydrogen-bond donors (Lipinski definition) is 1. The number of sulfonamides is 1. The number of rotatable bonds is 2. The van der Waals surface area contributed by atoms with E-state index in [-0.39, 0.29) is 21.7 Å². The number of hydrogen-bond acceptors (Lipinski definition) is 4. The highest BCUT2D eigenvalue weighted by molar-refractivity contribution is 7.89. The Morgan fingerprint density at radius 1 is 1.11 bits per heavy atom. The van der Waals surface area contributed by atoms with Gasteiger partial charge in [0, 0.05) is 10.4 Å². The first-order chi connectivity index (χ1) is 12.6. The molecule has 0 atom stereocenters. The Balaban J connectivity index is 2.05. The Hall–Kier alpha value is -2.56. The van der Waals surface area contributed by atoms with Gasteiger partial charge in [-0.05, 0) is 42.5 Å². The van der Waals surface area contributed by atoms with Crippen LogP contribution in [0, 0.1) is 0 Å². The molecular weight excluding hydrogens is 407 g/mol. The Kier molecular flexibility index (Phi) is 3.78. The van der Waals surface area contributed by atoms with Gasteiger partial charge >= 0.3 is 6.18 Å². The van der Waals surface area contributed by atoms with E-state index in [2.05, 4.69) is 5.10 Å². The normalized spacial score (nSPS) is 12.9. The van der Waals surface area contributed by atoms with Crippen molar-refractivity contribution in [3.63, 3.8) is 0 Å². The third-order valence-electron chi connectivity index (χ3n) is 3.93. The van der Waals surface area contributed by atoms with Gasteiger partial charge in [-0.25, -0.2) is 18.2 Å². The number of nitrogens with two attached hydrogens (primary N) is 1. The molecule has 0 aliphatic carbocycles. The molecule has 2 aromatic heterocycles. The van der Waals surface area contributed by atoms with E-state index in [4.69, 9.17) is 21.2 Å². The molecule has 0 amide bonds. The summed E-state index contributed by atoms with van der Waals surface area (Å²) in [6, 6.07) is 9.40. The SMILES string of the molecule is NS(=O)(=O)c1ccc(-n2nc(C(F)(F)F)c3oc4ccc(Cl)cc4c32)cc1. The van der Waals surface area contributed by atoms with Gasteiger partial charge in [-0.2, -0.15) is 18.3 Å². The fraction of sp³-hybridized carbons (Fsp3) is 0.0625. The minimum Gasteiger partial charge on any atom is -0.452 e. The molecule has 2 N–H and O–H groups in total. The fourth-order valence-electron chi connectivity index (χ4n) is 2.77. The first-order valence-electron chi connectivity index (χ1n) is 7.37. The summed E-state index contributed by atoms with van der Waals surface area (Å²) in [6.07, 6.45) is -4.75. The van der Waals surface area contributed by atoms with Gasteiger partial charge in [-0.3, -0.25) is 0 Å². The van der Waals surface area contributed by atoms with Crippen LogP contribution in [0.1, 0.15) is 5.69 Å². The lowest BCUT2D eigenvalue weighted by molar-refractivity contribution is -0.140. The van der Waals surface area contributed by atoms with Crippen LogP contribution in [0.2, 0.25) is 5.02 Å². The highest BCUT2D eigenvalue weighted by Crippen LogP contribution is 2.40. The molecule has 6 nitrogen and oxygen atoms in total. The number of primary sulfonamides is 1. The second-order valence-electron chi connectivity index (χ2n) is 5.72. The molecule has 0 unspecified atom stereocenters. The number of fused-ring (bicyclic) bond motifs is 3. The molecule has 0 bridgehead atoms. The quantitative estimate of drug-likeness (QED) is 0.533. The Morgan fingerprint density at radius 3 is 2.37 bits per heavy atom. The van der Waals surface area contributed by atoms with E-state index in [1.165, 1.54) is 42.5 Å². The predicted octanol–water partition coefficient (Wildman–Crippen LogP) is 4.09. The second-order valence-corrected chi connectivity index (χ2v) is 7.72. The summed E-state index contributed by atoms with van der Waals surface area (Å²) in [7, 11) is -3.94. The highest BCUT2D eigenvalue weighted by atomic mass is 35.5. The lowest BCUT2D eigenvalue weighted by atomic mass is 10.2. The molecular formula is C16H9ClF3N3O3S. The number of aromatic nitrogens is 2. The van der Waals surface area contributed by atoms with Crippen molar-refractivity contribution in [3.05, 3.63) is 53.2 Å². The maximum atomic E-state index is 13.4. The van der Waals surface area contributed by atoms with Gasteiger partial charge in [0.05, 0.1) is 10.6 Å². The van der Waals surface area contributed by atoms with E-state index in [0.29, 0.717) is 10.4 Å². The van der Waals surface area contributed by atoms with Crippen LogP contribution in [0.4, 0.5) is 13.2 Å². The standard InChI is InChI=1S/C16H9ClF3N3O3S/c17-8-1-6-12-11(7-8)13-14(26-12)15(16(18,19)20)22-23(13)9-2-4-10(5-3-9)27(21,24)25/h1-7H,(H2,21,24,25). The second kappa shape index (κ2) is 5.72. The molecule has 0 saturated carbocycles. The maximum absolute atomic E-state index is 13.4. The monoisotopic (exact) mass is 415 g/mol. The van der Waals surface area contributed by atoms with Crippen LogP contribution in [0.15, 0.2) is 51.8 Å². The van der Waals surface area contributed by atoms with Crippen LogP contribution < -0.4 is 5.14 Å². The zero-order chi connectivity index (χ0) is 19.6. The molecule has 27 heavy (non-hydrogen) atoms. The summed E-state index contributed by atoms with van der Waals surface area (Å²) >= 11 is 5.97. The molecule has 0 aliphatic heterocycles. The van der Waals surface area contributed by atoms with Crippen molar-refractivity contribution in [3.8, 4) is 5.69 Å². The third-order valence-corrected chi connectivity index (χ3v) is 5.09. The molecule has 2 heterocycles. The van der Waals surface area contributed by atoms with Crippen molar-refractivity contribution in [1.82, 2.24) is 9.78 Å². The van der Waals surface area contributed by atoms with E-state index in [0.717, 1.165) is 4.68 Å². The maximum Gasteiger partial charge on any atom is 0.438 e. The first-order valence-corrected chi connectivity index (χ1v) is 9.29. The summed E-state index contributed by atoms with van der Waals surface area (Å²) in [5, 5.41) is 9.34. The van der Waals surface area contributed by atoms with Crippen molar-refractivity contribution < 1.29 is 26.0 Å². The van der Waals surface area contributed by atoms with Crippen LogP contribution in [0.25, 0.3) is 27.8 Å². The molecule has 0 fully saturated rings. The van der Waals surface area contributed by atoms with E-state index in [1.807, 2.05) is 0 Å². The van der Waals surface area contributed by atoms with E-state index < -0.39 is 27.5 Å². The summed E-state index contributed by atoms with van der Waals surface area (Å²) in [6.45, 7) is 0. The number of alkyl halides is 3. The number of halogens is 4. The van der Waals surface area contributed by atoms with Crippen LogP contribution in [-0.4, -0.2) is 18.2 Å². The summed E-state index contributed by atoms with van der Waals surface area (Å²) in [5.74, 6) is 0. The number of nitrogens with zero attached hydrogens (tertiary/aromatic N) is 2. The summed E-state index contributed by atoms with van der Waals surface area (Å²) < 4.78 is 69.4. The fourth-order valence-corrected chi connectivity index (χ4v) is 3.46. The van der Waals surface area contributed by atoms with Crippen molar-refractivity contribution in [2.45, 2.75) is 11.1 Å². The zero-order valence-electron chi connectivity index (χ0n) is 13.2. The average molecular weight is 416 g/mol. The summed E-state index contributed by atoms with van der Waals surface area (Å²) in [5.41, 5.74) is -1.14. The van der Waals surface area contributed by atoms with Crippen LogP contribution in [0.5, 0.6) is 0 Å². The predicted molar refractivity (Wildman–Crippen MR) is 92.2 cm³/mol. The molecule has 0 aliphatic rings. The molecule has 4 rings (SSSR count). The molecule has 11 heteroatoms. The number of benzene rings is 2. The van der Waals surface area contributed by atoms with Gasteiger partial charge < -0.3 is 4.42 Å². The molecule has 0 saturated heterocycles. The van der Waals surface area contributed by atoms with Gasteiger partial charge in [0.25, 0.3) is 0 Å². The van der Waals surface area contributed by atoms with Crippen molar-refractivity contribution in [1.29, 1.82) is 0 Å². The van der Waals surface area contributed by atoms with Gasteiger partial charge in [0.1, 0.15) is 11.1 Å². The molecule has 0 spiro atoms. The largest absolute Gasteiger partial charge is 0.452 e. The molecule has 140 valence electrons. The summed E-state index contributed by atoms with van der Waals surface area (Å²) in [4.78, 5) is -0.175. The van der Waals surface area contributed by atoms with Gasteiger partial charge in [-0.1, -0.05) is 11.6 Å². The average Bonchev–Trinajstić information content (AvgIpc) is 3.11. The Morgan fingerprint density at radius 2 is 1.78 bits per heavy atom. The molecule has 2 aromatic carbocycles. The van der Waals surface area contributed by atoms with Crippen molar-refractivity contribution in [2.75, 3.05) is 0 Å². The van der Waals surface area contributed by atoms with E-state index in [1.54, 1.807) is 0 Å². The smallest absolute Gasteiger partial charge is 0.438 e. The first kappa shape index (κ1) is 17.8. The van der Waals surface area contributed by atoms with Gasteiger partial charge in [0.2, 0.25) is 15.7 Å².